The van der Waals surface area contributed by atoms with E-state index in [1.807, 2.05) is 0 Å². The molecule has 3 rings (SSSR count). The second kappa shape index (κ2) is 5.25. The molecule has 1 atom stereocenters. The minimum absolute atomic E-state index is 0.144. The Morgan fingerprint density at radius 3 is 2.45 bits per heavy atom. The van der Waals surface area contributed by atoms with Crippen LogP contribution in [0.15, 0.2) is 48.5 Å². The van der Waals surface area contributed by atoms with Gasteiger partial charge in [-0.2, -0.15) is 0 Å². The Balaban J connectivity index is 2.01. The molecule has 0 aliphatic carbocycles. The second-order valence-electron chi connectivity index (χ2n) is 4.43. The van der Waals surface area contributed by atoms with E-state index < -0.39 is 5.82 Å². The summed E-state index contributed by atoms with van der Waals surface area (Å²) in [6, 6.07) is 12.1. The van der Waals surface area contributed by atoms with Crippen LogP contribution in [0.5, 0.6) is 0 Å². The quantitative estimate of drug-likeness (QED) is 0.840. The molecule has 2 aromatic rings. The van der Waals surface area contributed by atoms with Crippen LogP contribution in [0.4, 0.5) is 14.5 Å². The first-order valence-corrected chi connectivity index (χ1v) is 7.15. The molecule has 0 aromatic heterocycles. The molecule has 1 saturated heterocycles. The van der Waals surface area contributed by atoms with E-state index in [9.17, 15) is 13.6 Å². The van der Waals surface area contributed by atoms with E-state index in [4.69, 9.17) is 0 Å². The summed E-state index contributed by atoms with van der Waals surface area (Å²) in [5, 5.41) is -0.319. The van der Waals surface area contributed by atoms with Crippen LogP contribution in [0.2, 0.25) is 0 Å². The molecule has 102 valence electrons. The molecular weight excluding hydrogens is 280 g/mol. The van der Waals surface area contributed by atoms with Gasteiger partial charge in [-0.25, -0.2) is 8.78 Å². The molecular formula is C15H11F2NOS. The first kappa shape index (κ1) is 13.1. The molecule has 2 aromatic carbocycles. The van der Waals surface area contributed by atoms with Crippen LogP contribution in [0.1, 0.15) is 10.9 Å². The summed E-state index contributed by atoms with van der Waals surface area (Å²) < 4.78 is 26.9. The number of hydrogen-bond donors (Lipinski definition) is 0. The molecule has 0 bridgehead atoms. The minimum Gasteiger partial charge on any atom is -0.292 e. The molecule has 1 heterocycles. The zero-order chi connectivity index (χ0) is 14.1. The van der Waals surface area contributed by atoms with Crippen molar-refractivity contribution < 1.29 is 13.6 Å². The summed E-state index contributed by atoms with van der Waals surface area (Å²) in [5.41, 5.74) is 1.04. The van der Waals surface area contributed by atoms with Crippen LogP contribution in [-0.4, -0.2) is 11.7 Å². The molecule has 1 aliphatic heterocycles. The average molecular weight is 291 g/mol. The number of carbonyl (C=O) groups is 1. The lowest BCUT2D eigenvalue weighted by molar-refractivity contribution is -0.115. The van der Waals surface area contributed by atoms with Crippen LogP contribution < -0.4 is 4.90 Å². The number of thioether (sulfide) groups is 1. The highest BCUT2D eigenvalue weighted by Gasteiger charge is 2.35. The summed E-state index contributed by atoms with van der Waals surface area (Å²) >= 11 is 1.41. The maximum Gasteiger partial charge on any atom is 0.238 e. The van der Waals surface area contributed by atoms with E-state index in [0.717, 1.165) is 5.56 Å². The smallest absolute Gasteiger partial charge is 0.238 e. The Labute approximate surface area is 119 Å². The van der Waals surface area contributed by atoms with Crippen molar-refractivity contribution in [3.63, 3.8) is 0 Å². The monoisotopic (exact) mass is 291 g/mol. The van der Waals surface area contributed by atoms with Crippen LogP contribution >= 0.6 is 11.8 Å². The van der Waals surface area contributed by atoms with E-state index in [2.05, 4.69) is 0 Å². The van der Waals surface area contributed by atoms with E-state index in [1.165, 1.54) is 34.9 Å². The fourth-order valence-electron chi connectivity index (χ4n) is 2.21. The van der Waals surface area contributed by atoms with Crippen molar-refractivity contribution in [2.24, 2.45) is 0 Å². The maximum absolute atomic E-state index is 13.9. The van der Waals surface area contributed by atoms with Crippen molar-refractivity contribution in [2.45, 2.75) is 5.37 Å². The summed E-state index contributed by atoms with van der Waals surface area (Å²) in [6.45, 7) is 0. The van der Waals surface area contributed by atoms with Gasteiger partial charge in [-0.05, 0) is 29.8 Å². The molecule has 0 radical (unpaired) electrons. The molecule has 0 N–H and O–H groups in total. The number of carbonyl (C=O) groups excluding carboxylic acids is 1. The van der Waals surface area contributed by atoms with Gasteiger partial charge in [-0.15, -0.1) is 11.8 Å². The third-order valence-electron chi connectivity index (χ3n) is 3.14. The van der Waals surface area contributed by atoms with Crippen LogP contribution in [-0.2, 0) is 4.79 Å². The standard InChI is InChI=1S/C15H11F2NOS/c16-11-7-5-10(6-8-11)15-18(14(19)9-20-15)13-4-2-1-3-12(13)17/h1-8,15H,9H2. The lowest BCUT2D eigenvalue weighted by atomic mass is 10.2. The third-order valence-corrected chi connectivity index (χ3v) is 4.35. The van der Waals surface area contributed by atoms with Gasteiger partial charge in [-0.1, -0.05) is 24.3 Å². The molecule has 1 unspecified atom stereocenters. The van der Waals surface area contributed by atoms with E-state index in [0.29, 0.717) is 0 Å². The Morgan fingerprint density at radius 1 is 1.05 bits per heavy atom. The van der Waals surface area contributed by atoms with E-state index >= 15 is 0 Å². The number of rotatable bonds is 2. The largest absolute Gasteiger partial charge is 0.292 e. The van der Waals surface area contributed by atoms with Crippen molar-refractivity contribution in [1.82, 2.24) is 0 Å². The summed E-state index contributed by atoms with van der Waals surface area (Å²) in [7, 11) is 0. The Bertz CT molecular complexity index is 645. The fraction of sp³-hybridized carbons (Fsp3) is 0.133. The van der Waals surface area contributed by atoms with Crippen LogP contribution in [0.3, 0.4) is 0 Å². The van der Waals surface area contributed by atoms with Gasteiger partial charge in [-0.3, -0.25) is 9.69 Å². The van der Waals surface area contributed by atoms with Crippen LogP contribution in [0, 0.1) is 11.6 Å². The van der Waals surface area contributed by atoms with Crippen molar-refractivity contribution in [1.29, 1.82) is 0 Å². The van der Waals surface area contributed by atoms with E-state index in [1.54, 1.807) is 30.3 Å². The minimum atomic E-state index is -0.435. The molecule has 2 nitrogen and oxygen atoms in total. The van der Waals surface area contributed by atoms with Gasteiger partial charge >= 0.3 is 0 Å². The zero-order valence-corrected chi connectivity index (χ0v) is 11.2. The Morgan fingerprint density at radius 2 is 1.75 bits per heavy atom. The fourth-order valence-corrected chi connectivity index (χ4v) is 3.37. The molecule has 1 amide bonds. The molecule has 20 heavy (non-hydrogen) atoms. The predicted molar refractivity (Wildman–Crippen MR) is 75.5 cm³/mol. The molecule has 0 spiro atoms. The summed E-state index contributed by atoms with van der Waals surface area (Å²) in [5.74, 6) is -0.624. The second-order valence-corrected chi connectivity index (χ2v) is 5.50. The molecule has 5 heteroatoms. The van der Waals surface area contributed by atoms with Crippen molar-refractivity contribution >= 4 is 23.4 Å². The number of anilines is 1. The van der Waals surface area contributed by atoms with Gasteiger partial charge in [0.1, 0.15) is 17.0 Å². The first-order chi connectivity index (χ1) is 9.66. The van der Waals surface area contributed by atoms with Gasteiger partial charge < -0.3 is 0 Å². The zero-order valence-electron chi connectivity index (χ0n) is 10.4. The van der Waals surface area contributed by atoms with Gasteiger partial charge in [0, 0.05) is 0 Å². The Hall–Kier alpha value is -1.88. The molecule has 0 saturated carbocycles. The van der Waals surface area contributed by atoms with Crippen molar-refractivity contribution in [2.75, 3.05) is 10.7 Å². The topological polar surface area (TPSA) is 20.3 Å². The number of nitrogens with zero attached hydrogens (tertiary/aromatic N) is 1. The highest BCUT2D eigenvalue weighted by Crippen LogP contribution is 2.42. The van der Waals surface area contributed by atoms with Crippen LogP contribution in [0.25, 0.3) is 0 Å². The highest BCUT2D eigenvalue weighted by molar-refractivity contribution is 8.00. The Kier molecular flexibility index (Phi) is 3.44. The number of hydrogen-bond acceptors (Lipinski definition) is 2. The normalized spacial score (nSPS) is 18.6. The predicted octanol–water partition coefficient (Wildman–Crippen LogP) is 3.74. The van der Waals surface area contributed by atoms with Gasteiger partial charge in [0.2, 0.25) is 5.91 Å². The average Bonchev–Trinajstić information content (AvgIpc) is 2.82. The third kappa shape index (κ3) is 2.29. The first-order valence-electron chi connectivity index (χ1n) is 6.10. The van der Waals surface area contributed by atoms with E-state index in [-0.39, 0.29) is 28.5 Å². The molecule has 1 aliphatic rings. The van der Waals surface area contributed by atoms with Crippen molar-refractivity contribution in [3.8, 4) is 0 Å². The molecule has 1 fully saturated rings. The number of amides is 1. The number of benzene rings is 2. The van der Waals surface area contributed by atoms with Gasteiger partial charge in [0.15, 0.2) is 0 Å². The highest BCUT2D eigenvalue weighted by atomic mass is 32.2. The lowest BCUT2D eigenvalue weighted by Gasteiger charge is -2.24. The SMILES string of the molecule is O=C1CSC(c2ccc(F)cc2)N1c1ccccc1F. The summed E-state index contributed by atoms with van der Waals surface area (Å²) in [4.78, 5) is 13.5. The summed E-state index contributed by atoms with van der Waals surface area (Å²) in [6.07, 6.45) is 0. The maximum atomic E-state index is 13.9. The van der Waals surface area contributed by atoms with Gasteiger partial charge in [0.25, 0.3) is 0 Å². The van der Waals surface area contributed by atoms with Gasteiger partial charge in [0.05, 0.1) is 11.4 Å². The van der Waals surface area contributed by atoms with Crippen molar-refractivity contribution in [3.05, 3.63) is 65.7 Å². The lowest BCUT2D eigenvalue weighted by Crippen LogP contribution is -2.28. The number of halogens is 2. The number of para-hydroxylation sites is 1.